The van der Waals surface area contributed by atoms with Crippen molar-refractivity contribution in [1.29, 1.82) is 0 Å². The number of para-hydroxylation sites is 2. The molecule has 0 saturated heterocycles. The van der Waals surface area contributed by atoms with Crippen LogP contribution in [0.2, 0.25) is 5.02 Å². The Morgan fingerprint density at radius 2 is 1.72 bits per heavy atom. The van der Waals surface area contributed by atoms with E-state index in [1.807, 2.05) is 48.5 Å². The molecule has 1 heterocycles. The molecule has 0 unspecified atom stereocenters. The number of benzene rings is 3. The number of hydrazone groups is 1. The SMILES string of the molecule is COCCN(CC(=O)N1N=C(c2ccccc2Cl)C[C@H]1c1ccc(OC)cc1)C(=O)Nc1ccccc1OC. The third-order valence-corrected chi connectivity index (χ3v) is 6.71. The van der Waals surface area contributed by atoms with Gasteiger partial charge in [0.15, 0.2) is 0 Å². The first-order chi connectivity index (χ1) is 18.9. The summed E-state index contributed by atoms with van der Waals surface area (Å²) in [5, 5.41) is 9.53. The average Bonchev–Trinajstić information content (AvgIpc) is 3.41. The monoisotopic (exact) mass is 550 g/mol. The summed E-state index contributed by atoms with van der Waals surface area (Å²) in [5.74, 6) is 0.877. The second kappa shape index (κ2) is 13.1. The number of carbonyl (C=O) groups is 2. The van der Waals surface area contributed by atoms with Crippen molar-refractivity contribution in [3.05, 3.63) is 88.9 Å². The van der Waals surface area contributed by atoms with Crippen molar-refractivity contribution < 1.29 is 23.8 Å². The van der Waals surface area contributed by atoms with Crippen LogP contribution in [-0.4, -0.2) is 68.6 Å². The number of nitrogens with zero attached hydrogens (tertiary/aromatic N) is 3. The highest BCUT2D eigenvalue weighted by atomic mass is 35.5. The van der Waals surface area contributed by atoms with Crippen LogP contribution in [0.15, 0.2) is 77.9 Å². The van der Waals surface area contributed by atoms with Gasteiger partial charge in [-0.15, -0.1) is 0 Å². The van der Waals surface area contributed by atoms with Crippen LogP contribution < -0.4 is 14.8 Å². The van der Waals surface area contributed by atoms with Crippen LogP contribution in [0.4, 0.5) is 10.5 Å². The molecular formula is C29H31ClN4O5. The van der Waals surface area contributed by atoms with Crippen molar-refractivity contribution in [2.24, 2.45) is 5.10 Å². The van der Waals surface area contributed by atoms with Crippen molar-refractivity contribution in [2.45, 2.75) is 12.5 Å². The molecule has 0 fully saturated rings. The Labute approximate surface area is 232 Å². The summed E-state index contributed by atoms with van der Waals surface area (Å²) in [6.45, 7) is 0.240. The number of nitrogens with one attached hydrogen (secondary N) is 1. The first kappa shape index (κ1) is 27.9. The fourth-order valence-corrected chi connectivity index (χ4v) is 4.56. The molecule has 1 aliphatic rings. The summed E-state index contributed by atoms with van der Waals surface area (Å²) < 4.78 is 15.8. The molecule has 4 rings (SSSR count). The maximum Gasteiger partial charge on any atom is 0.322 e. The number of ether oxygens (including phenoxy) is 3. The molecule has 0 bridgehead atoms. The molecule has 1 atom stereocenters. The second-order valence-electron chi connectivity index (χ2n) is 8.80. The molecule has 3 aromatic rings. The number of carbonyl (C=O) groups excluding carboxylic acids is 2. The van der Waals surface area contributed by atoms with Crippen LogP contribution in [0.25, 0.3) is 0 Å². The van der Waals surface area contributed by atoms with Crippen LogP contribution in [-0.2, 0) is 9.53 Å². The van der Waals surface area contributed by atoms with E-state index in [1.54, 1.807) is 38.5 Å². The highest BCUT2D eigenvalue weighted by molar-refractivity contribution is 6.34. The topological polar surface area (TPSA) is 92.7 Å². The third kappa shape index (κ3) is 6.68. The fraction of sp³-hybridized carbons (Fsp3) is 0.276. The van der Waals surface area contributed by atoms with Crippen LogP contribution in [0.3, 0.4) is 0 Å². The van der Waals surface area contributed by atoms with Gasteiger partial charge in [0.2, 0.25) is 0 Å². The zero-order chi connectivity index (χ0) is 27.8. The Kier molecular flexibility index (Phi) is 9.40. The van der Waals surface area contributed by atoms with Crippen molar-refractivity contribution in [2.75, 3.05) is 46.3 Å². The molecule has 0 spiro atoms. The normalized spacial score (nSPS) is 14.5. The van der Waals surface area contributed by atoms with Gasteiger partial charge in [-0.25, -0.2) is 9.80 Å². The number of halogens is 1. The molecule has 10 heteroatoms. The molecule has 3 aromatic carbocycles. The molecule has 39 heavy (non-hydrogen) atoms. The molecule has 0 aromatic heterocycles. The lowest BCUT2D eigenvalue weighted by Crippen LogP contribution is -2.44. The van der Waals surface area contributed by atoms with Gasteiger partial charge in [-0.3, -0.25) is 4.79 Å². The number of hydrogen-bond donors (Lipinski definition) is 1. The number of anilines is 1. The van der Waals surface area contributed by atoms with E-state index in [4.69, 9.17) is 30.9 Å². The largest absolute Gasteiger partial charge is 0.497 e. The highest BCUT2D eigenvalue weighted by Gasteiger charge is 2.35. The van der Waals surface area contributed by atoms with E-state index in [-0.39, 0.29) is 31.6 Å². The van der Waals surface area contributed by atoms with Gasteiger partial charge < -0.3 is 24.4 Å². The van der Waals surface area contributed by atoms with Gasteiger partial charge in [-0.2, -0.15) is 5.10 Å². The number of rotatable bonds is 10. The lowest BCUT2D eigenvalue weighted by atomic mass is 9.98. The summed E-state index contributed by atoms with van der Waals surface area (Å²) in [5.41, 5.74) is 2.84. The van der Waals surface area contributed by atoms with Crippen molar-refractivity contribution in [3.63, 3.8) is 0 Å². The number of methoxy groups -OCH3 is 3. The molecule has 0 saturated carbocycles. The Balaban J connectivity index is 1.60. The lowest BCUT2D eigenvalue weighted by Gasteiger charge is -2.27. The molecule has 0 aliphatic carbocycles. The van der Waals surface area contributed by atoms with E-state index in [9.17, 15) is 9.59 Å². The van der Waals surface area contributed by atoms with Crippen molar-refractivity contribution in [3.8, 4) is 11.5 Å². The van der Waals surface area contributed by atoms with E-state index in [1.165, 1.54) is 17.0 Å². The first-order valence-electron chi connectivity index (χ1n) is 12.4. The van der Waals surface area contributed by atoms with Gasteiger partial charge in [-0.1, -0.05) is 54.1 Å². The van der Waals surface area contributed by atoms with E-state index in [0.717, 1.165) is 11.1 Å². The average molecular weight is 551 g/mol. The standard InChI is InChI=1S/C29H31ClN4O5/c1-37-17-16-33(29(36)31-24-10-6-7-11-27(24)39-3)19-28(35)34-26(20-12-14-21(38-2)15-13-20)18-25(32-34)22-8-4-5-9-23(22)30/h4-15,26H,16-19H2,1-3H3,(H,31,36)/t26-/m0/s1. The maximum absolute atomic E-state index is 13.7. The van der Waals surface area contributed by atoms with Crippen LogP contribution in [0.1, 0.15) is 23.6 Å². The van der Waals surface area contributed by atoms with Crippen molar-refractivity contribution in [1.82, 2.24) is 9.91 Å². The minimum atomic E-state index is -0.458. The Hall–Kier alpha value is -4.08. The van der Waals surface area contributed by atoms with Crippen LogP contribution >= 0.6 is 11.6 Å². The molecule has 1 N–H and O–H groups in total. The van der Waals surface area contributed by atoms with Gasteiger partial charge in [0.1, 0.15) is 18.0 Å². The summed E-state index contributed by atoms with van der Waals surface area (Å²) in [6, 6.07) is 21.1. The van der Waals surface area contributed by atoms with Crippen molar-refractivity contribution >= 4 is 34.9 Å². The van der Waals surface area contributed by atoms with Crippen LogP contribution in [0.5, 0.6) is 11.5 Å². The van der Waals surface area contributed by atoms with Gasteiger partial charge in [0.05, 0.1) is 38.3 Å². The predicted molar refractivity (Wildman–Crippen MR) is 151 cm³/mol. The summed E-state index contributed by atoms with van der Waals surface area (Å²) in [6.07, 6.45) is 0.466. The minimum absolute atomic E-state index is 0.200. The zero-order valence-electron chi connectivity index (χ0n) is 22.1. The van der Waals surface area contributed by atoms with Gasteiger partial charge in [0, 0.05) is 30.7 Å². The summed E-state index contributed by atoms with van der Waals surface area (Å²) >= 11 is 6.46. The smallest absolute Gasteiger partial charge is 0.322 e. The quantitative estimate of drug-likeness (QED) is 0.374. The molecule has 1 aliphatic heterocycles. The third-order valence-electron chi connectivity index (χ3n) is 6.38. The maximum atomic E-state index is 13.7. The number of amides is 3. The molecule has 0 radical (unpaired) electrons. The van der Waals surface area contributed by atoms with Gasteiger partial charge in [0.25, 0.3) is 5.91 Å². The lowest BCUT2D eigenvalue weighted by molar-refractivity contribution is -0.133. The van der Waals surface area contributed by atoms with Gasteiger partial charge in [-0.05, 0) is 35.9 Å². The van der Waals surface area contributed by atoms with Gasteiger partial charge >= 0.3 is 6.03 Å². The van der Waals surface area contributed by atoms with Crippen LogP contribution in [0, 0.1) is 0 Å². The summed E-state index contributed by atoms with van der Waals surface area (Å²) in [7, 11) is 4.67. The second-order valence-corrected chi connectivity index (χ2v) is 9.21. The molecular weight excluding hydrogens is 520 g/mol. The fourth-order valence-electron chi connectivity index (χ4n) is 4.32. The number of hydrogen-bond acceptors (Lipinski definition) is 6. The number of urea groups is 1. The highest BCUT2D eigenvalue weighted by Crippen LogP contribution is 2.35. The predicted octanol–water partition coefficient (Wildman–Crippen LogP) is 5.22. The Morgan fingerprint density at radius 1 is 1.00 bits per heavy atom. The van der Waals surface area contributed by atoms with E-state index in [2.05, 4.69) is 5.32 Å². The minimum Gasteiger partial charge on any atom is -0.497 e. The summed E-state index contributed by atoms with van der Waals surface area (Å²) in [4.78, 5) is 28.4. The zero-order valence-corrected chi connectivity index (χ0v) is 22.9. The Morgan fingerprint density at radius 3 is 2.41 bits per heavy atom. The van der Waals surface area contributed by atoms with E-state index >= 15 is 0 Å². The molecule has 9 nitrogen and oxygen atoms in total. The van der Waals surface area contributed by atoms with E-state index < -0.39 is 6.03 Å². The first-order valence-corrected chi connectivity index (χ1v) is 12.8. The molecule has 3 amide bonds. The molecule has 204 valence electrons. The Bertz CT molecular complexity index is 1330. The van der Waals surface area contributed by atoms with E-state index in [0.29, 0.717) is 34.3 Å².